The molecular formula is C19H18FN3O2S. The number of para-hydroxylation sites is 1. The molecule has 0 aliphatic carbocycles. The number of hydrogen-bond acceptors (Lipinski definition) is 5. The Kier molecular flexibility index (Phi) is 5.68. The Morgan fingerprint density at radius 1 is 1.15 bits per heavy atom. The summed E-state index contributed by atoms with van der Waals surface area (Å²) in [5, 5.41) is 8.83. The molecule has 0 amide bonds. The second-order valence-electron chi connectivity index (χ2n) is 5.44. The van der Waals surface area contributed by atoms with Crippen molar-refractivity contribution in [3.8, 4) is 17.1 Å². The minimum absolute atomic E-state index is 0.0643. The maximum absolute atomic E-state index is 14.1. The van der Waals surface area contributed by atoms with E-state index in [9.17, 15) is 9.18 Å². The molecule has 0 atom stereocenters. The van der Waals surface area contributed by atoms with Crippen molar-refractivity contribution in [1.82, 2.24) is 14.8 Å². The molecule has 1 heterocycles. The average Bonchev–Trinajstić information content (AvgIpc) is 3.09. The van der Waals surface area contributed by atoms with E-state index in [1.807, 2.05) is 13.0 Å². The monoisotopic (exact) mass is 371 g/mol. The van der Waals surface area contributed by atoms with Crippen molar-refractivity contribution in [3.05, 3.63) is 59.9 Å². The standard InChI is InChI=1S/C19H18FN3O2S/c1-3-23-18(13-8-4-6-10-15(13)20)21-22-19(23)26-12-16(24)14-9-5-7-11-17(14)25-2/h4-11H,3,12H2,1-2H3. The second kappa shape index (κ2) is 8.14. The van der Waals surface area contributed by atoms with E-state index in [-0.39, 0.29) is 17.4 Å². The number of carbonyl (C=O) groups excluding carboxylic acids is 1. The fraction of sp³-hybridized carbons (Fsp3) is 0.211. The van der Waals surface area contributed by atoms with Crippen molar-refractivity contribution in [2.45, 2.75) is 18.6 Å². The summed E-state index contributed by atoms with van der Waals surface area (Å²) in [4.78, 5) is 12.5. The van der Waals surface area contributed by atoms with E-state index in [0.717, 1.165) is 0 Å². The van der Waals surface area contributed by atoms with Gasteiger partial charge in [0, 0.05) is 6.54 Å². The van der Waals surface area contributed by atoms with Gasteiger partial charge in [-0.15, -0.1) is 10.2 Å². The molecule has 0 aliphatic rings. The van der Waals surface area contributed by atoms with Crippen LogP contribution in [0, 0.1) is 5.82 Å². The number of aromatic nitrogens is 3. The number of rotatable bonds is 7. The Labute approximate surface area is 155 Å². The van der Waals surface area contributed by atoms with Crippen molar-refractivity contribution in [3.63, 3.8) is 0 Å². The van der Waals surface area contributed by atoms with E-state index in [1.54, 1.807) is 41.0 Å². The second-order valence-corrected chi connectivity index (χ2v) is 6.38. The van der Waals surface area contributed by atoms with Crippen molar-refractivity contribution in [1.29, 1.82) is 0 Å². The van der Waals surface area contributed by atoms with Crippen LogP contribution in [-0.4, -0.2) is 33.4 Å². The summed E-state index contributed by atoms with van der Waals surface area (Å²) in [6.07, 6.45) is 0. The lowest BCUT2D eigenvalue weighted by Gasteiger charge is -2.09. The van der Waals surface area contributed by atoms with Crippen molar-refractivity contribution in [2.24, 2.45) is 0 Å². The molecule has 1 aromatic heterocycles. The Hall–Kier alpha value is -2.67. The summed E-state index contributed by atoms with van der Waals surface area (Å²) < 4.78 is 21.1. The number of thioether (sulfide) groups is 1. The zero-order chi connectivity index (χ0) is 18.5. The van der Waals surface area contributed by atoms with Crippen molar-refractivity contribution >= 4 is 17.5 Å². The Morgan fingerprint density at radius 3 is 2.62 bits per heavy atom. The van der Waals surface area contributed by atoms with Crippen LogP contribution in [-0.2, 0) is 6.54 Å². The van der Waals surface area contributed by atoms with Crippen molar-refractivity contribution < 1.29 is 13.9 Å². The van der Waals surface area contributed by atoms with Gasteiger partial charge in [0.1, 0.15) is 11.6 Å². The molecule has 0 radical (unpaired) electrons. The normalized spacial score (nSPS) is 10.7. The highest BCUT2D eigenvalue weighted by Gasteiger charge is 2.18. The van der Waals surface area contributed by atoms with E-state index < -0.39 is 0 Å². The number of halogens is 1. The first-order valence-electron chi connectivity index (χ1n) is 8.12. The number of benzene rings is 2. The molecule has 7 heteroatoms. The Morgan fingerprint density at radius 2 is 1.88 bits per heavy atom. The molecule has 134 valence electrons. The average molecular weight is 371 g/mol. The molecule has 3 rings (SSSR count). The van der Waals surface area contributed by atoms with Gasteiger partial charge in [-0.3, -0.25) is 4.79 Å². The third kappa shape index (κ3) is 3.62. The minimum Gasteiger partial charge on any atom is -0.496 e. The SMILES string of the molecule is CCn1c(SCC(=O)c2ccccc2OC)nnc1-c1ccccc1F. The largest absolute Gasteiger partial charge is 0.496 e. The summed E-state index contributed by atoms with van der Waals surface area (Å²) in [6.45, 7) is 2.50. The van der Waals surface area contributed by atoms with Gasteiger partial charge in [-0.1, -0.05) is 36.0 Å². The van der Waals surface area contributed by atoms with Crippen LogP contribution >= 0.6 is 11.8 Å². The number of ether oxygens (including phenoxy) is 1. The van der Waals surface area contributed by atoms with E-state index in [4.69, 9.17) is 4.74 Å². The molecule has 0 fully saturated rings. The van der Waals surface area contributed by atoms with Crippen LogP contribution in [0.2, 0.25) is 0 Å². The summed E-state index contributed by atoms with van der Waals surface area (Å²) in [5.41, 5.74) is 0.921. The number of methoxy groups -OCH3 is 1. The highest BCUT2D eigenvalue weighted by Crippen LogP contribution is 2.27. The third-order valence-corrected chi connectivity index (χ3v) is 4.85. The molecule has 0 N–H and O–H groups in total. The molecule has 0 unspecified atom stereocenters. The maximum Gasteiger partial charge on any atom is 0.191 e. The highest BCUT2D eigenvalue weighted by molar-refractivity contribution is 7.99. The van der Waals surface area contributed by atoms with Crippen LogP contribution in [0.1, 0.15) is 17.3 Å². The van der Waals surface area contributed by atoms with Gasteiger partial charge in [0.05, 0.1) is 24.0 Å². The van der Waals surface area contributed by atoms with Crippen LogP contribution < -0.4 is 4.74 Å². The minimum atomic E-state index is -0.351. The molecule has 0 aliphatic heterocycles. The fourth-order valence-electron chi connectivity index (χ4n) is 2.61. The first kappa shape index (κ1) is 18.1. The van der Waals surface area contributed by atoms with Crippen LogP contribution in [0.5, 0.6) is 5.75 Å². The topological polar surface area (TPSA) is 57.0 Å². The lowest BCUT2D eigenvalue weighted by molar-refractivity contribution is 0.101. The van der Waals surface area contributed by atoms with Gasteiger partial charge in [-0.25, -0.2) is 4.39 Å². The highest BCUT2D eigenvalue weighted by atomic mass is 32.2. The van der Waals surface area contributed by atoms with E-state index in [1.165, 1.54) is 24.9 Å². The zero-order valence-electron chi connectivity index (χ0n) is 14.5. The van der Waals surface area contributed by atoms with Gasteiger partial charge < -0.3 is 9.30 Å². The first-order chi connectivity index (χ1) is 12.7. The molecule has 0 spiro atoms. The Bertz CT molecular complexity index is 927. The predicted octanol–water partition coefficient (Wildman–Crippen LogP) is 4.09. The number of nitrogens with zero attached hydrogens (tertiary/aromatic N) is 3. The van der Waals surface area contributed by atoms with Crippen LogP contribution in [0.3, 0.4) is 0 Å². The number of ketones is 1. The lowest BCUT2D eigenvalue weighted by atomic mass is 10.1. The molecule has 5 nitrogen and oxygen atoms in total. The molecule has 2 aromatic carbocycles. The number of Topliss-reactive ketones (excluding diaryl/α,β-unsaturated/α-hetero) is 1. The van der Waals surface area contributed by atoms with Crippen LogP contribution in [0.25, 0.3) is 11.4 Å². The van der Waals surface area contributed by atoms with E-state index >= 15 is 0 Å². The van der Waals surface area contributed by atoms with Gasteiger partial charge >= 0.3 is 0 Å². The molecule has 0 saturated carbocycles. The first-order valence-corrected chi connectivity index (χ1v) is 9.11. The fourth-order valence-corrected chi connectivity index (χ4v) is 3.49. The quantitative estimate of drug-likeness (QED) is 0.462. The summed E-state index contributed by atoms with van der Waals surface area (Å²) >= 11 is 1.28. The number of carbonyl (C=O) groups is 1. The molecule has 0 bridgehead atoms. The molecular weight excluding hydrogens is 353 g/mol. The van der Waals surface area contributed by atoms with Crippen molar-refractivity contribution in [2.75, 3.05) is 12.9 Å². The van der Waals surface area contributed by atoms with Gasteiger partial charge in [-0.05, 0) is 31.2 Å². The van der Waals surface area contributed by atoms with Gasteiger partial charge in [0.2, 0.25) is 0 Å². The van der Waals surface area contributed by atoms with E-state index in [0.29, 0.717) is 34.4 Å². The third-order valence-electron chi connectivity index (χ3n) is 3.89. The lowest BCUT2D eigenvalue weighted by Crippen LogP contribution is -2.07. The molecule has 26 heavy (non-hydrogen) atoms. The van der Waals surface area contributed by atoms with Crippen LogP contribution in [0.4, 0.5) is 4.39 Å². The predicted molar refractivity (Wildman–Crippen MR) is 99.1 cm³/mol. The maximum atomic E-state index is 14.1. The van der Waals surface area contributed by atoms with Gasteiger partial charge in [0.25, 0.3) is 0 Å². The molecule has 0 saturated heterocycles. The van der Waals surface area contributed by atoms with Gasteiger partial charge in [0.15, 0.2) is 16.8 Å². The summed E-state index contributed by atoms with van der Waals surface area (Å²) in [7, 11) is 1.54. The number of hydrogen-bond donors (Lipinski definition) is 0. The van der Waals surface area contributed by atoms with E-state index in [2.05, 4.69) is 10.2 Å². The zero-order valence-corrected chi connectivity index (χ0v) is 15.3. The smallest absolute Gasteiger partial charge is 0.191 e. The van der Waals surface area contributed by atoms with Gasteiger partial charge in [-0.2, -0.15) is 0 Å². The molecule has 3 aromatic rings. The summed E-state index contributed by atoms with van der Waals surface area (Å²) in [6, 6.07) is 13.5. The Balaban J connectivity index is 1.81. The van der Waals surface area contributed by atoms with Crippen LogP contribution in [0.15, 0.2) is 53.7 Å². The summed E-state index contributed by atoms with van der Waals surface area (Å²) in [5.74, 6) is 0.775.